The van der Waals surface area contributed by atoms with E-state index in [2.05, 4.69) is 36.4 Å². The fourth-order valence-electron chi connectivity index (χ4n) is 2.77. The lowest BCUT2D eigenvalue weighted by atomic mass is 9.85. The van der Waals surface area contributed by atoms with Gasteiger partial charge < -0.3 is 5.73 Å². The number of rotatable bonds is 2. The Kier molecular flexibility index (Phi) is 3.11. The summed E-state index contributed by atoms with van der Waals surface area (Å²) in [4.78, 5) is 4.83. The van der Waals surface area contributed by atoms with Crippen molar-refractivity contribution in [3.05, 3.63) is 53.7 Å². The molecule has 1 heterocycles. The van der Waals surface area contributed by atoms with E-state index in [1.807, 2.05) is 6.07 Å². The number of benzene rings is 1. The van der Waals surface area contributed by atoms with Crippen LogP contribution in [0.3, 0.4) is 0 Å². The van der Waals surface area contributed by atoms with Gasteiger partial charge in [0.1, 0.15) is 0 Å². The highest BCUT2D eigenvalue weighted by atomic mass is 14.7. The number of nitrogens with two attached hydrogens (primary N) is 1. The maximum Gasteiger partial charge on any atom is 0.0705 e. The third kappa shape index (κ3) is 2.04. The van der Waals surface area contributed by atoms with Crippen molar-refractivity contribution in [2.45, 2.75) is 25.2 Å². The summed E-state index contributed by atoms with van der Waals surface area (Å²) in [5.41, 5.74) is 10.7. The summed E-state index contributed by atoms with van der Waals surface area (Å²) in [7, 11) is 0. The van der Waals surface area contributed by atoms with Crippen molar-refractivity contribution in [1.82, 2.24) is 4.98 Å². The van der Waals surface area contributed by atoms with Crippen LogP contribution in [0, 0.1) is 0 Å². The Morgan fingerprint density at radius 2 is 1.94 bits per heavy atom. The minimum Gasteiger partial charge on any atom is -0.330 e. The molecule has 1 aromatic heterocycles. The van der Waals surface area contributed by atoms with Crippen molar-refractivity contribution in [2.24, 2.45) is 5.73 Å². The Balaban J connectivity index is 2.01. The van der Waals surface area contributed by atoms with E-state index < -0.39 is 0 Å². The first-order valence-corrected chi connectivity index (χ1v) is 6.64. The molecule has 0 aliphatic heterocycles. The van der Waals surface area contributed by atoms with E-state index in [0.29, 0.717) is 5.92 Å². The Morgan fingerprint density at radius 1 is 1.11 bits per heavy atom. The number of aryl methyl sites for hydroxylation is 1. The van der Waals surface area contributed by atoms with Crippen LogP contribution in [0.1, 0.15) is 30.0 Å². The van der Waals surface area contributed by atoms with Crippen LogP contribution in [-0.4, -0.2) is 11.5 Å². The van der Waals surface area contributed by atoms with E-state index in [0.717, 1.165) is 18.7 Å². The Morgan fingerprint density at radius 3 is 2.72 bits per heavy atom. The number of fused-ring (bicyclic) bond motifs is 1. The molecule has 2 aromatic rings. The van der Waals surface area contributed by atoms with Crippen LogP contribution in [0.5, 0.6) is 0 Å². The van der Waals surface area contributed by atoms with Crippen LogP contribution >= 0.6 is 0 Å². The average molecular weight is 238 g/mol. The number of hydrogen-bond acceptors (Lipinski definition) is 2. The van der Waals surface area contributed by atoms with Crippen LogP contribution in [0.15, 0.2) is 42.5 Å². The molecular weight excluding hydrogens is 220 g/mol. The van der Waals surface area contributed by atoms with E-state index in [1.54, 1.807) is 0 Å². The normalized spacial score (nSPS) is 18.4. The predicted molar refractivity (Wildman–Crippen MR) is 74.4 cm³/mol. The lowest BCUT2D eigenvalue weighted by Crippen LogP contribution is -2.19. The van der Waals surface area contributed by atoms with Gasteiger partial charge in [-0.3, -0.25) is 4.98 Å². The maximum atomic E-state index is 5.84. The standard InChI is InChI=1S/C16H18N2/c17-11-13-7-4-8-16-14(13)9-10-15(18-16)12-5-2-1-3-6-12/h1-3,5-6,9-10,13H,4,7-8,11,17H2. The quantitative estimate of drug-likeness (QED) is 0.873. The largest absolute Gasteiger partial charge is 0.330 e. The Bertz CT molecular complexity index is 534. The van der Waals surface area contributed by atoms with Crippen LogP contribution in [0.25, 0.3) is 11.3 Å². The first-order chi connectivity index (χ1) is 8.88. The van der Waals surface area contributed by atoms with E-state index in [1.165, 1.54) is 29.7 Å². The van der Waals surface area contributed by atoms with Gasteiger partial charge in [0, 0.05) is 11.3 Å². The van der Waals surface area contributed by atoms with Crippen molar-refractivity contribution in [2.75, 3.05) is 6.54 Å². The molecule has 0 amide bonds. The van der Waals surface area contributed by atoms with Crippen LogP contribution < -0.4 is 5.73 Å². The second kappa shape index (κ2) is 4.91. The Hall–Kier alpha value is -1.67. The number of pyridine rings is 1. The molecule has 2 N–H and O–H groups in total. The monoisotopic (exact) mass is 238 g/mol. The van der Waals surface area contributed by atoms with Crippen LogP contribution in [0.2, 0.25) is 0 Å². The molecule has 0 radical (unpaired) electrons. The molecule has 1 aliphatic carbocycles. The van der Waals surface area contributed by atoms with Crippen molar-refractivity contribution in [3.8, 4) is 11.3 Å². The lowest BCUT2D eigenvalue weighted by Gasteiger charge is -2.23. The number of hydrogen-bond donors (Lipinski definition) is 1. The van der Waals surface area contributed by atoms with Crippen molar-refractivity contribution >= 4 is 0 Å². The molecule has 1 aromatic carbocycles. The van der Waals surface area contributed by atoms with Gasteiger partial charge in [0.25, 0.3) is 0 Å². The zero-order valence-electron chi connectivity index (χ0n) is 10.5. The van der Waals surface area contributed by atoms with Crippen molar-refractivity contribution in [1.29, 1.82) is 0 Å². The molecule has 18 heavy (non-hydrogen) atoms. The highest BCUT2D eigenvalue weighted by molar-refractivity contribution is 5.59. The third-order valence-electron chi connectivity index (χ3n) is 3.77. The van der Waals surface area contributed by atoms with Gasteiger partial charge in [-0.05, 0) is 43.4 Å². The highest BCUT2D eigenvalue weighted by Crippen LogP contribution is 2.31. The van der Waals surface area contributed by atoms with Gasteiger partial charge in [-0.15, -0.1) is 0 Å². The molecule has 0 bridgehead atoms. The summed E-state index contributed by atoms with van der Waals surface area (Å²) >= 11 is 0. The number of nitrogens with zero attached hydrogens (tertiary/aromatic N) is 1. The molecule has 1 atom stereocenters. The Labute approximate surface area is 108 Å². The van der Waals surface area contributed by atoms with Crippen LogP contribution in [0.4, 0.5) is 0 Å². The van der Waals surface area contributed by atoms with E-state index in [9.17, 15) is 0 Å². The summed E-state index contributed by atoms with van der Waals surface area (Å²) in [5.74, 6) is 0.506. The van der Waals surface area contributed by atoms with Gasteiger partial charge in [0.2, 0.25) is 0 Å². The van der Waals surface area contributed by atoms with Crippen molar-refractivity contribution < 1.29 is 0 Å². The minimum absolute atomic E-state index is 0.506. The summed E-state index contributed by atoms with van der Waals surface area (Å²) in [6, 6.07) is 14.7. The summed E-state index contributed by atoms with van der Waals surface area (Å²) < 4.78 is 0. The molecule has 0 saturated carbocycles. The SMILES string of the molecule is NCC1CCCc2nc(-c3ccccc3)ccc21. The van der Waals surface area contributed by atoms with Gasteiger partial charge in [-0.2, -0.15) is 0 Å². The topological polar surface area (TPSA) is 38.9 Å². The zero-order valence-corrected chi connectivity index (χ0v) is 10.5. The van der Waals surface area contributed by atoms with E-state index >= 15 is 0 Å². The van der Waals surface area contributed by atoms with Gasteiger partial charge in [0.15, 0.2) is 0 Å². The van der Waals surface area contributed by atoms with E-state index in [-0.39, 0.29) is 0 Å². The fraction of sp³-hybridized carbons (Fsp3) is 0.312. The number of aromatic nitrogens is 1. The first-order valence-electron chi connectivity index (χ1n) is 6.64. The molecule has 0 spiro atoms. The molecule has 3 rings (SSSR count). The fourth-order valence-corrected chi connectivity index (χ4v) is 2.77. The second-order valence-corrected chi connectivity index (χ2v) is 4.92. The minimum atomic E-state index is 0.506. The lowest BCUT2D eigenvalue weighted by molar-refractivity contribution is 0.551. The maximum absolute atomic E-state index is 5.84. The molecule has 0 fully saturated rings. The molecular formula is C16H18N2. The van der Waals surface area contributed by atoms with Gasteiger partial charge >= 0.3 is 0 Å². The van der Waals surface area contributed by atoms with Crippen molar-refractivity contribution in [3.63, 3.8) is 0 Å². The smallest absolute Gasteiger partial charge is 0.0705 e. The molecule has 2 heteroatoms. The predicted octanol–water partition coefficient (Wildman–Crippen LogP) is 3.13. The molecule has 2 nitrogen and oxygen atoms in total. The van der Waals surface area contributed by atoms with E-state index in [4.69, 9.17) is 10.7 Å². The van der Waals surface area contributed by atoms with Gasteiger partial charge in [-0.25, -0.2) is 0 Å². The second-order valence-electron chi connectivity index (χ2n) is 4.92. The zero-order chi connectivity index (χ0) is 12.4. The molecule has 1 unspecified atom stereocenters. The van der Waals surface area contributed by atoms with Gasteiger partial charge in [-0.1, -0.05) is 36.4 Å². The molecule has 1 aliphatic rings. The summed E-state index contributed by atoms with van der Waals surface area (Å²) in [5, 5.41) is 0. The molecule has 0 saturated heterocycles. The van der Waals surface area contributed by atoms with Crippen LogP contribution in [-0.2, 0) is 6.42 Å². The summed E-state index contributed by atoms with van der Waals surface area (Å²) in [6.07, 6.45) is 3.50. The highest BCUT2D eigenvalue weighted by Gasteiger charge is 2.20. The average Bonchev–Trinajstić information content (AvgIpc) is 2.47. The first kappa shape index (κ1) is 11.4. The third-order valence-corrected chi connectivity index (χ3v) is 3.77. The molecule has 92 valence electrons. The van der Waals surface area contributed by atoms with Gasteiger partial charge in [0.05, 0.1) is 5.69 Å². The summed E-state index contributed by atoms with van der Waals surface area (Å²) in [6.45, 7) is 0.735.